The van der Waals surface area contributed by atoms with E-state index >= 15 is 0 Å². The number of nitrogens with zero attached hydrogens (tertiary/aromatic N) is 1. The summed E-state index contributed by atoms with van der Waals surface area (Å²) in [4.78, 5) is 14.8. The highest BCUT2D eigenvalue weighted by atomic mass is 35.5. The number of carbonyl (C=O) groups excluding carboxylic acids is 1. The highest BCUT2D eigenvalue weighted by Gasteiger charge is 2.16. The average Bonchev–Trinajstić information content (AvgIpc) is 2.55. The van der Waals surface area contributed by atoms with Gasteiger partial charge >= 0.3 is 0 Å². The largest absolute Gasteiger partial charge is 0.379 e. The lowest BCUT2D eigenvalue weighted by atomic mass is 10.0. The highest BCUT2D eigenvalue weighted by molar-refractivity contribution is 6.30. The lowest BCUT2D eigenvalue weighted by Crippen LogP contribution is -2.35. The van der Waals surface area contributed by atoms with Crippen LogP contribution in [0.25, 0.3) is 0 Å². The standard InChI is InChI=1S/C18H17ClFNO2/c19-15-4-5-16(17(20)11-15)18(22)14-3-1-2-13(10-14)12-21-6-8-23-9-7-21/h1-5,10-11H,6-9,12H2. The van der Waals surface area contributed by atoms with Crippen LogP contribution >= 0.6 is 11.6 Å². The molecular formula is C18H17ClFNO2. The smallest absolute Gasteiger partial charge is 0.195 e. The third-order valence-corrected chi connectivity index (χ3v) is 4.11. The third kappa shape index (κ3) is 3.96. The summed E-state index contributed by atoms with van der Waals surface area (Å²) in [6.45, 7) is 3.98. The van der Waals surface area contributed by atoms with E-state index in [1.165, 1.54) is 12.1 Å². The molecule has 0 radical (unpaired) electrons. The average molecular weight is 334 g/mol. The van der Waals surface area contributed by atoms with Crippen molar-refractivity contribution in [3.8, 4) is 0 Å². The van der Waals surface area contributed by atoms with Crippen molar-refractivity contribution >= 4 is 17.4 Å². The Morgan fingerprint density at radius 3 is 2.70 bits per heavy atom. The number of halogens is 2. The van der Waals surface area contributed by atoms with Gasteiger partial charge in [0.05, 0.1) is 18.8 Å². The van der Waals surface area contributed by atoms with Crippen molar-refractivity contribution in [2.24, 2.45) is 0 Å². The Bertz CT molecular complexity index is 714. The maximum atomic E-state index is 13.9. The minimum atomic E-state index is -0.596. The van der Waals surface area contributed by atoms with E-state index in [2.05, 4.69) is 4.90 Å². The van der Waals surface area contributed by atoms with Gasteiger partial charge in [0.25, 0.3) is 0 Å². The normalized spacial score (nSPS) is 15.6. The number of carbonyl (C=O) groups is 1. The predicted molar refractivity (Wildman–Crippen MR) is 87.4 cm³/mol. The van der Waals surface area contributed by atoms with Crippen LogP contribution in [0, 0.1) is 5.82 Å². The van der Waals surface area contributed by atoms with Gasteiger partial charge < -0.3 is 4.74 Å². The summed E-state index contributed by atoms with van der Waals surface area (Å²) < 4.78 is 19.3. The first-order chi connectivity index (χ1) is 11.1. The van der Waals surface area contributed by atoms with Crippen molar-refractivity contribution in [3.63, 3.8) is 0 Å². The first kappa shape index (κ1) is 16.1. The van der Waals surface area contributed by atoms with Crippen molar-refractivity contribution in [1.29, 1.82) is 0 Å². The van der Waals surface area contributed by atoms with Crippen LogP contribution in [-0.2, 0) is 11.3 Å². The molecule has 2 aromatic carbocycles. The Morgan fingerprint density at radius 1 is 1.17 bits per heavy atom. The first-order valence-electron chi connectivity index (χ1n) is 7.52. The number of ether oxygens (including phenoxy) is 1. The molecule has 0 bridgehead atoms. The molecule has 0 saturated carbocycles. The topological polar surface area (TPSA) is 29.5 Å². The number of hydrogen-bond donors (Lipinski definition) is 0. The lowest BCUT2D eigenvalue weighted by molar-refractivity contribution is 0.0342. The fourth-order valence-electron chi connectivity index (χ4n) is 2.66. The maximum Gasteiger partial charge on any atom is 0.195 e. The molecule has 0 N–H and O–H groups in total. The second kappa shape index (κ2) is 7.21. The molecule has 1 saturated heterocycles. The summed E-state index contributed by atoms with van der Waals surface area (Å²) in [5.74, 6) is -0.927. The zero-order chi connectivity index (χ0) is 16.2. The molecule has 0 aromatic heterocycles. The summed E-state index contributed by atoms with van der Waals surface area (Å²) in [5.41, 5.74) is 1.56. The van der Waals surface area contributed by atoms with E-state index < -0.39 is 5.82 Å². The zero-order valence-electron chi connectivity index (χ0n) is 12.6. The Labute approximate surface area is 139 Å². The van der Waals surface area contributed by atoms with Gasteiger partial charge in [-0.25, -0.2) is 4.39 Å². The van der Waals surface area contributed by atoms with Gasteiger partial charge in [0.15, 0.2) is 5.78 Å². The summed E-state index contributed by atoms with van der Waals surface area (Å²) in [6.07, 6.45) is 0. The van der Waals surface area contributed by atoms with Crippen molar-refractivity contribution in [2.45, 2.75) is 6.54 Å². The summed E-state index contributed by atoms with van der Waals surface area (Å²) in [7, 11) is 0. The fraction of sp³-hybridized carbons (Fsp3) is 0.278. The van der Waals surface area contributed by atoms with Gasteiger partial charge in [0, 0.05) is 30.2 Å². The quantitative estimate of drug-likeness (QED) is 0.801. The number of rotatable bonds is 4. The molecule has 1 heterocycles. The van der Waals surface area contributed by atoms with E-state index in [-0.39, 0.29) is 16.4 Å². The molecule has 23 heavy (non-hydrogen) atoms. The van der Waals surface area contributed by atoms with Gasteiger partial charge in [-0.3, -0.25) is 9.69 Å². The van der Waals surface area contributed by atoms with Crippen LogP contribution in [0.5, 0.6) is 0 Å². The fourth-order valence-corrected chi connectivity index (χ4v) is 2.82. The van der Waals surface area contributed by atoms with E-state index in [0.29, 0.717) is 5.56 Å². The van der Waals surface area contributed by atoms with Gasteiger partial charge in [-0.2, -0.15) is 0 Å². The Morgan fingerprint density at radius 2 is 1.96 bits per heavy atom. The van der Waals surface area contributed by atoms with E-state index in [4.69, 9.17) is 16.3 Å². The maximum absolute atomic E-state index is 13.9. The molecular weight excluding hydrogens is 317 g/mol. The third-order valence-electron chi connectivity index (χ3n) is 3.87. The van der Waals surface area contributed by atoms with Gasteiger partial charge in [-0.05, 0) is 29.8 Å². The van der Waals surface area contributed by atoms with E-state index in [1.807, 2.05) is 18.2 Å². The van der Waals surface area contributed by atoms with E-state index in [9.17, 15) is 9.18 Å². The summed E-state index contributed by atoms with van der Waals surface area (Å²) in [6, 6.07) is 11.4. The monoisotopic (exact) mass is 333 g/mol. The van der Waals surface area contributed by atoms with Crippen LogP contribution in [0.1, 0.15) is 21.5 Å². The molecule has 3 nitrogen and oxygen atoms in total. The van der Waals surface area contributed by atoms with Gasteiger partial charge in [-0.15, -0.1) is 0 Å². The molecule has 1 fully saturated rings. The molecule has 0 spiro atoms. The molecule has 1 aliphatic rings. The first-order valence-corrected chi connectivity index (χ1v) is 7.90. The Balaban J connectivity index is 1.79. The van der Waals surface area contributed by atoms with Crippen molar-refractivity contribution in [2.75, 3.05) is 26.3 Å². The second-order valence-corrected chi connectivity index (χ2v) is 5.98. The number of benzene rings is 2. The van der Waals surface area contributed by atoms with Crippen LogP contribution in [-0.4, -0.2) is 37.0 Å². The predicted octanol–water partition coefficient (Wildman–Crippen LogP) is 3.54. The molecule has 2 aromatic rings. The molecule has 0 aliphatic carbocycles. The van der Waals surface area contributed by atoms with Crippen molar-refractivity contribution in [1.82, 2.24) is 4.90 Å². The zero-order valence-corrected chi connectivity index (χ0v) is 13.4. The second-order valence-electron chi connectivity index (χ2n) is 5.54. The number of morpholine rings is 1. The molecule has 5 heteroatoms. The summed E-state index contributed by atoms with van der Waals surface area (Å²) in [5, 5.41) is 0.278. The van der Waals surface area contributed by atoms with Gasteiger partial charge in [0.1, 0.15) is 5.82 Å². The van der Waals surface area contributed by atoms with Crippen molar-refractivity contribution < 1.29 is 13.9 Å². The number of ketones is 1. The van der Waals surface area contributed by atoms with Crippen LogP contribution in [0.2, 0.25) is 5.02 Å². The van der Waals surface area contributed by atoms with Gasteiger partial charge in [-0.1, -0.05) is 29.8 Å². The Hall–Kier alpha value is -1.75. The summed E-state index contributed by atoms with van der Waals surface area (Å²) >= 11 is 5.73. The molecule has 0 unspecified atom stereocenters. The Kier molecular flexibility index (Phi) is 5.06. The minimum Gasteiger partial charge on any atom is -0.379 e. The molecule has 3 rings (SSSR count). The number of hydrogen-bond acceptors (Lipinski definition) is 3. The molecule has 0 atom stereocenters. The molecule has 120 valence electrons. The van der Waals surface area contributed by atoms with Crippen LogP contribution in [0.15, 0.2) is 42.5 Å². The van der Waals surface area contributed by atoms with Gasteiger partial charge in [0.2, 0.25) is 0 Å². The van der Waals surface area contributed by atoms with E-state index in [0.717, 1.165) is 44.5 Å². The van der Waals surface area contributed by atoms with E-state index in [1.54, 1.807) is 6.07 Å². The van der Waals surface area contributed by atoms with Crippen LogP contribution in [0.3, 0.4) is 0 Å². The van der Waals surface area contributed by atoms with Crippen LogP contribution in [0.4, 0.5) is 4.39 Å². The highest BCUT2D eigenvalue weighted by Crippen LogP contribution is 2.19. The van der Waals surface area contributed by atoms with Crippen LogP contribution < -0.4 is 0 Å². The molecule has 0 amide bonds. The molecule has 1 aliphatic heterocycles. The minimum absolute atomic E-state index is 0.0397. The SMILES string of the molecule is O=C(c1cccc(CN2CCOCC2)c1)c1ccc(Cl)cc1F. The lowest BCUT2D eigenvalue weighted by Gasteiger charge is -2.26. The van der Waals surface area contributed by atoms with Crippen molar-refractivity contribution in [3.05, 3.63) is 70.0 Å².